The molecule has 0 spiro atoms. The maximum Gasteiger partial charge on any atom is 0.176 e. The lowest BCUT2D eigenvalue weighted by molar-refractivity contribution is 0.0845. The minimum atomic E-state index is -1.31. The van der Waals surface area contributed by atoms with E-state index < -0.39 is 5.60 Å². The average molecular weight is 231 g/mol. The number of nitriles is 1. The second kappa shape index (κ2) is 7.09. The van der Waals surface area contributed by atoms with Crippen molar-refractivity contribution in [3.8, 4) is 6.07 Å². The van der Waals surface area contributed by atoms with Crippen molar-refractivity contribution < 1.29 is 5.11 Å². The van der Waals surface area contributed by atoms with E-state index in [0.29, 0.717) is 12.0 Å². The van der Waals surface area contributed by atoms with Gasteiger partial charge in [0.05, 0.1) is 0 Å². The Morgan fingerprint density at radius 3 is 2.35 bits per heavy atom. The van der Waals surface area contributed by atoms with Crippen LogP contribution in [0.3, 0.4) is 0 Å². The van der Waals surface area contributed by atoms with E-state index in [1.807, 2.05) is 36.4 Å². The highest BCUT2D eigenvalue weighted by Crippen LogP contribution is 2.26. The fraction of sp³-hybridized carbons (Fsp3) is 0.533. The van der Waals surface area contributed by atoms with Crippen LogP contribution in [0, 0.1) is 11.3 Å². The summed E-state index contributed by atoms with van der Waals surface area (Å²) in [5.74, 6) is 0. The van der Waals surface area contributed by atoms with Crippen molar-refractivity contribution in [2.24, 2.45) is 0 Å². The predicted octanol–water partition coefficient (Wildman–Crippen LogP) is 3.76. The topological polar surface area (TPSA) is 44.0 Å². The average Bonchev–Trinajstić information content (AvgIpc) is 2.39. The van der Waals surface area contributed by atoms with Gasteiger partial charge >= 0.3 is 0 Å². The van der Waals surface area contributed by atoms with Crippen molar-refractivity contribution in [1.29, 1.82) is 5.26 Å². The third kappa shape index (κ3) is 4.20. The van der Waals surface area contributed by atoms with Crippen LogP contribution in [0.25, 0.3) is 0 Å². The molecule has 0 bridgehead atoms. The third-order valence-corrected chi connectivity index (χ3v) is 3.08. The van der Waals surface area contributed by atoms with Crippen LogP contribution >= 0.6 is 0 Å². The zero-order valence-electron chi connectivity index (χ0n) is 10.5. The van der Waals surface area contributed by atoms with Gasteiger partial charge in [-0.25, -0.2) is 0 Å². The van der Waals surface area contributed by atoms with Gasteiger partial charge in [0.1, 0.15) is 6.07 Å². The molecule has 1 rings (SSSR count). The molecule has 0 aromatic heterocycles. The first-order valence-electron chi connectivity index (χ1n) is 6.42. The summed E-state index contributed by atoms with van der Waals surface area (Å²) in [7, 11) is 0. The summed E-state index contributed by atoms with van der Waals surface area (Å²) < 4.78 is 0. The highest BCUT2D eigenvalue weighted by atomic mass is 16.3. The number of hydrogen-bond donors (Lipinski definition) is 1. The minimum absolute atomic E-state index is 0.525. The van der Waals surface area contributed by atoms with Crippen LogP contribution in [0.1, 0.15) is 51.0 Å². The predicted molar refractivity (Wildman–Crippen MR) is 69.3 cm³/mol. The molecule has 0 aliphatic rings. The Morgan fingerprint density at radius 1 is 1.12 bits per heavy atom. The largest absolute Gasteiger partial charge is 0.371 e. The first kappa shape index (κ1) is 13.7. The van der Waals surface area contributed by atoms with Crippen molar-refractivity contribution in [2.75, 3.05) is 0 Å². The third-order valence-electron chi connectivity index (χ3n) is 3.08. The summed E-state index contributed by atoms with van der Waals surface area (Å²) in [5.41, 5.74) is -0.606. The standard InChI is InChI=1S/C15H21NO/c1-2-3-4-5-9-12-15(17,13-16)14-10-7-6-8-11-14/h6-8,10-11,17H,2-5,9,12H2,1H3/t15-/m1/s1. The lowest BCUT2D eigenvalue weighted by Crippen LogP contribution is -2.23. The van der Waals surface area contributed by atoms with Crippen molar-refractivity contribution >= 4 is 0 Å². The number of rotatable bonds is 7. The quantitative estimate of drug-likeness (QED) is 0.573. The first-order chi connectivity index (χ1) is 8.23. The van der Waals surface area contributed by atoms with Crippen LogP contribution in [0.2, 0.25) is 0 Å². The molecule has 1 N–H and O–H groups in total. The van der Waals surface area contributed by atoms with Crippen LogP contribution in [-0.4, -0.2) is 5.11 Å². The molecule has 92 valence electrons. The van der Waals surface area contributed by atoms with E-state index in [1.165, 1.54) is 19.3 Å². The van der Waals surface area contributed by atoms with E-state index in [4.69, 9.17) is 5.26 Å². The maximum absolute atomic E-state index is 10.3. The van der Waals surface area contributed by atoms with Crippen molar-refractivity contribution in [3.63, 3.8) is 0 Å². The Kier molecular flexibility index (Phi) is 5.72. The van der Waals surface area contributed by atoms with Gasteiger partial charge < -0.3 is 5.11 Å². The Morgan fingerprint density at radius 2 is 1.76 bits per heavy atom. The van der Waals surface area contributed by atoms with Crippen molar-refractivity contribution in [2.45, 2.75) is 51.0 Å². The number of benzene rings is 1. The molecule has 1 aromatic carbocycles. The van der Waals surface area contributed by atoms with Gasteiger partial charge in [0, 0.05) is 0 Å². The van der Waals surface area contributed by atoms with Crippen LogP contribution in [0.5, 0.6) is 0 Å². The second-order valence-corrected chi connectivity index (χ2v) is 4.50. The number of unbranched alkanes of at least 4 members (excludes halogenated alkanes) is 4. The summed E-state index contributed by atoms with van der Waals surface area (Å²) in [6, 6.07) is 11.3. The van der Waals surface area contributed by atoms with Gasteiger partial charge in [0.15, 0.2) is 5.60 Å². The van der Waals surface area contributed by atoms with E-state index in [2.05, 4.69) is 6.92 Å². The van der Waals surface area contributed by atoms with E-state index in [0.717, 1.165) is 12.8 Å². The molecule has 1 aromatic rings. The van der Waals surface area contributed by atoms with Gasteiger partial charge in [0.25, 0.3) is 0 Å². The summed E-state index contributed by atoms with van der Waals surface area (Å²) in [6.07, 6.45) is 6.14. The molecule has 0 aliphatic carbocycles. The molecule has 0 unspecified atom stereocenters. The molecule has 0 saturated carbocycles. The van der Waals surface area contributed by atoms with Crippen molar-refractivity contribution in [3.05, 3.63) is 35.9 Å². The SMILES string of the molecule is CCCCCCC[C@@](O)(C#N)c1ccccc1. The lowest BCUT2D eigenvalue weighted by Gasteiger charge is -2.20. The first-order valence-corrected chi connectivity index (χ1v) is 6.42. The molecule has 2 heteroatoms. The maximum atomic E-state index is 10.3. The number of aliphatic hydroxyl groups is 1. The van der Waals surface area contributed by atoms with Gasteiger partial charge in [-0.3, -0.25) is 0 Å². The fourth-order valence-electron chi connectivity index (χ4n) is 1.96. The van der Waals surface area contributed by atoms with E-state index in [1.54, 1.807) is 0 Å². The van der Waals surface area contributed by atoms with Gasteiger partial charge in [-0.05, 0) is 18.4 Å². The van der Waals surface area contributed by atoms with E-state index in [9.17, 15) is 5.11 Å². The number of nitrogens with zero attached hydrogens (tertiary/aromatic N) is 1. The van der Waals surface area contributed by atoms with Crippen LogP contribution in [0.15, 0.2) is 30.3 Å². The lowest BCUT2D eigenvalue weighted by atomic mass is 9.89. The molecule has 1 atom stereocenters. The highest BCUT2D eigenvalue weighted by Gasteiger charge is 2.27. The zero-order valence-corrected chi connectivity index (χ0v) is 10.5. The number of hydrogen-bond acceptors (Lipinski definition) is 2. The summed E-state index contributed by atoms with van der Waals surface area (Å²) >= 11 is 0. The minimum Gasteiger partial charge on any atom is -0.371 e. The molecule has 17 heavy (non-hydrogen) atoms. The molecule has 0 saturated heterocycles. The molecule has 0 aliphatic heterocycles. The monoisotopic (exact) mass is 231 g/mol. The van der Waals surface area contributed by atoms with Gasteiger partial charge in [-0.15, -0.1) is 0 Å². The second-order valence-electron chi connectivity index (χ2n) is 4.50. The van der Waals surface area contributed by atoms with Crippen molar-refractivity contribution in [1.82, 2.24) is 0 Å². The smallest absolute Gasteiger partial charge is 0.176 e. The molecule has 2 nitrogen and oxygen atoms in total. The fourth-order valence-corrected chi connectivity index (χ4v) is 1.96. The Hall–Kier alpha value is -1.33. The van der Waals surface area contributed by atoms with Crippen LogP contribution in [-0.2, 0) is 5.60 Å². The molecule has 0 amide bonds. The zero-order chi connectivity index (χ0) is 12.6. The molecular weight excluding hydrogens is 210 g/mol. The van der Waals surface area contributed by atoms with Gasteiger partial charge in [-0.1, -0.05) is 62.9 Å². The summed E-state index contributed by atoms with van der Waals surface area (Å²) in [4.78, 5) is 0. The Balaban J connectivity index is 2.50. The molecule has 0 radical (unpaired) electrons. The highest BCUT2D eigenvalue weighted by molar-refractivity contribution is 5.28. The van der Waals surface area contributed by atoms with Crippen LogP contribution in [0.4, 0.5) is 0 Å². The van der Waals surface area contributed by atoms with E-state index in [-0.39, 0.29) is 0 Å². The molecular formula is C15H21NO. The van der Waals surface area contributed by atoms with Gasteiger partial charge in [0.2, 0.25) is 0 Å². The normalized spacial score (nSPS) is 13.9. The molecule has 0 fully saturated rings. The Labute approximate surface area is 104 Å². The summed E-state index contributed by atoms with van der Waals surface area (Å²) in [6.45, 7) is 2.18. The summed E-state index contributed by atoms with van der Waals surface area (Å²) in [5, 5.41) is 19.4. The molecule has 0 heterocycles. The van der Waals surface area contributed by atoms with Crippen LogP contribution < -0.4 is 0 Å². The Bertz CT molecular complexity index is 355. The van der Waals surface area contributed by atoms with E-state index >= 15 is 0 Å². The van der Waals surface area contributed by atoms with Gasteiger partial charge in [-0.2, -0.15) is 5.26 Å².